The zero-order valence-corrected chi connectivity index (χ0v) is 5.97. The van der Waals surface area contributed by atoms with Crippen LogP contribution in [0.3, 0.4) is 0 Å². The van der Waals surface area contributed by atoms with E-state index < -0.39 is 0 Å². The molecule has 0 bridgehead atoms. The maximum atomic E-state index is 8.55. The first-order chi connectivity index (χ1) is 5.16. The molecule has 0 amide bonds. The highest BCUT2D eigenvalue weighted by molar-refractivity contribution is 5.97. The number of aromatic amines is 1. The number of H-pyrrole nitrogens is 1. The van der Waals surface area contributed by atoms with E-state index in [1.807, 2.05) is 6.07 Å². The summed E-state index contributed by atoms with van der Waals surface area (Å²) in [4.78, 5) is 0. The van der Waals surface area contributed by atoms with Gasteiger partial charge in [-0.15, -0.1) is 0 Å². The fourth-order valence-electron chi connectivity index (χ4n) is 0.741. The smallest absolute Gasteiger partial charge is 0.163 e. The summed E-state index contributed by atoms with van der Waals surface area (Å²) in [6.07, 6.45) is 0. The normalized spacial score (nSPS) is 9.09. The molecule has 0 aliphatic carbocycles. The van der Waals surface area contributed by atoms with Gasteiger partial charge in [-0.25, -0.2) is 0 Å². The molecule has 5 heteroatoms. The minimum Gasteiger partial charge on any atom is -0.381 e. The lowest BCUT2D eigenvalue weighted by atomic mass is 10.2. The van der Waals surface area contributed by atoms with Gasteiger partial charge in [0.05, 0.1) is 11.4 Å². The van der Waals surface area contributed by atoms with E-state index in [1.165, 1.54) is 0 Å². The number of nitrogens with zero attached hydrogens (tertiary/aromatic N) is 2. The van der Waals surface area contributed by atoms with Gasteiger partial charge in [-0.2, -0.15) is 10.4 Å². The monoisotopic (exact) mass is 149 g/mol. The predicted octanol–water partition coefficient (Wildman–Crippen LogP) is 0.251. The topological polar surface area (TPSA) is 102 Å². The van der Waals surface area contributed by atoms with Crippen LogP contribution in [0.1, 0.15) is 18.2 Å². The van der Waals surface area contributed by atoms with Crippen LogP contribution in [-0.4, -0.2) is 15.9 Å². The van der Waals surface area contributed by atoms with Crippen LogP contribution in [0.4, 0.5) is 5.82 Å². The van der Waals surface area contributed by atoms with E-state index in [2.05, 4.69) is 10.2 Å². The van der Waals surface area contributed by atoms with E-state index in [4.69, 9.17) is 16.4 Å². The molecule has 0 saturated heterocycles. The SMILES string of the molecule is CC(=N)c1[nH]nc(N)c1C#N. The van der Waals surface area contributed by atoms with Gasteiger partial charge in [0.25, 0.3) is 0 Å². The van der Waals surface area contributed by atoms with Crippen molar-refractivity contribution in [3.8, 4) is 6.07 Å². The summed E-state index contributed by atoms with van der Waals surface area (Å²) in [5, 5.41) is 21.9. The molecule has 0 fully saturated rings. The predicted molar refractivity (Wildman–Crippen MR) is 40.2 cm³/mol. The Morgan fingerprint density at radius 2 is 2.45 bits per heavy atom. The van der Waals surface area contributed by atoms with Crippen molar-refractivity contribution in [3.63, 3.8) is 0 Å². The molecule has 0 aliphatic rings. The first-order valence-electron chi connectivity index (χ1n) is 2.96. The molecule has 1 aromatic heterocycles. The third-order valence-corrected chi connectivity index (χ3v) is 1.28. The lowest BCUT2D eigenvalue weighted by molar-refractivity contribution is 1.08. The van der Waals surface area contributed by atoms with Gasteiger partial charge in [0.2, 0.25) is 0 Å². The van der Waals surface area contributed by atoms with Crippen molar-refractivity contribution in [2.45, 2.75) is 6.92 Å². The van der Waals surface area contributed by atoms with Crippen molar-refractivity contribution in [3.05, 3.63) is 11.3 Å². The molecular weight excluding hydrogens is 142 g/mol. The summed E-state index contributed by atoms with van der Waals surface area (Å²) in [5.41, 5.74) is 6.22. The molecule has 0 atom stereocenters. The summed E-state index contributed by atoms with van der Waals surface area (Å²) in [5.74, 6) is 0.147. The summed E-state index contributed by atoms with van der Waals surface area (Å²) in [6.45, 7) is 1.56. The number of hydrogen-bond donors (Lipinski definition) is 3. The van der Waals surface area contributed by atoms with E-state index in [-0.39, 0.29) is 17.1 Å². The number of hydrogen-bond acceptors (Lipinski definition) is 4. The fourth-order valence-corrected chi connectivity index (χ4v) is 0.741. The molecule has 1 aromatic rings. The first kappa shape index (κ1) is 7.28. The van der Waals surface area contributed by atoms with Crippen LogP contribution in [0.5, 0.6) is 0 Å². The highest BCUT2D eigenvalue weighted by Crippen LogP contribution is 2.11. The van der Waals surface area contributed by atoms with E-state index in [0.29, 0.717) is 5.69 Å². The largest absolute Gasteiger partial charge is 0.381 e. The van der Waals surface area contributed by atoms with E-state index in [9.17, 15) is 0 Å². The van der Waals surface area contributed by atoms with Crippen LogP contribution in [0.15, 0.2) is 0 Å². The maximum absolute atomic E-state index is 8.55. The summed E-state index contributed by atoms with van der Waals surface area (Å²) >= 11 is 0. The minimum atomic E-state index is 0.147. The van der Waals surface area contributed by atoms with Crippen LogP contribution >= 0.6 is 0 Å². The third-order valence-electron chi connectivity index (χ3n) is 1.28. The van der Waals surface area contributed by atoms with Crippen molar-refractivity contribution < 1.29 is 0 Å². The molecule has 0 aliphatic heterocycles. The summed E-state index contributed by atoms with van der Waals surface area (Å²) < 4.78 is 0. The number of anilines is 1. The molecule has 56 valence electrons. The molecule has 11 heavy (non-hydrogen) atoms. The molecule has 0 unspecified atom stereocenters. The molecule has 0 spiro atoms. The Bertz CT molecular complexity index is 329. The minimum absolute atomic E-state index is 0.147. The Morgan fingerprint density at radius 3 is 2.82 bits per heavy atom. The molecule has 5 nitrogen and oxygen atoms in total. The highest BCUT2D eigenvalue weighted by Gasteiger charge is 2.10. The summed E-state index contributed by atoms with van der Waals surface area (Å²) in [6, 6.07) is 1.87. The fraction of sp³-hybridized carbons (Fsp3) is 0.167. The maximum Gasteiger partial charge on any atom is 0.163 e. The van der Waals surface area contributed by atoms with Gasteiger partial charge in [0.1, 0.15) is 11.6 Å². The second kappa shape index (κ2) is 2.42. The Hall–Kier alpha value is -1.83. The Morgan fingerprint density at radius 1 is 1.82 bits per heavy atom. The average Bonchev–Trinajstić information content (AvgIpc) is 2.30. The Kier molecular flexibility index (Phi) is 1.60. The number of nitrogen functional groups attached to an aromatic ring is 1. The van der Waals surface area contributed by atoms with Crippen molar-refractivity contribution >= 4 is 11.5 Å². The Balaban J connectivity index is 3.30. The average molecular weight is 149 g/mol. The van der Waals surface area contributed by atoms with Crippen molar-refractivity contribution in [1.29, 1.82) is 10.7 Å². The second-order valence-corrected chi connectivity index (χ2v) is 2.10. The third kappa shape index (κ3) is 1.05. The number of aromatic nitrogens is 2. The molecule has 1 rings (SSSR count). The quantitative estimate of drug-likeness (QED) is 0.498. The molecule has 1 heterocycles. The zero-order valence-electron chi connectivity index (χ0n) is 5.97. The standard InChI is InChI=1S/C6H7N5/c1-3(8)5-4(2-7)6(9)11-10-5/h8H,1H3,(H3,9,10,11). The highest BCUT2D eigenvalue weighted by atomic mass is 15.2. The van der Waals surface area contributed by atoms with E-state index >= 15 is 0 Å². The number of nitrogens with two attached hydrogens (primary N) is 1. The van der Waals surface area contributed by atoms with E-state index in [1.54, 1.807) is 6.92 Å². The van der Waals surface area contributed by atoms with Gasteiger partial charge in [0.15, 0.2) is 5.82 Å². The van der Waals surface area contributed by atoms with E-state index in [0.717, 1.165) is 0 Å². The van der Waals surface area contributed by atoms with Crippen molar-refractivity contribution in [2.24, 2.45) is 0 Å². The van der Waals surface area contributed by atoms with Gasteiger partial charge < -0.3 is 11.1 Å². The Labute approximate surface area is 63.3 Å². The van der Waals surface area contributed by atoms with Crippen LogP contribution in [0, 0.1) is 16.7 Å². The van der Waals surface area contributed by atoms with Crippen LogP contribution < -0.4 is 5.73 Å². The van der Waals surface area contributed by atoms with Crippen LogP contribution in [0.25, 0.3) is 0 Å². The van der Waals surface area contributed by atoms with Crippen LogP contribution in [-0.2, 0) is 0 Å². The number of nitriles is 1. The van der Waals surface area contributed by atoms with Gasteiger partial charge in [0, 0.05) is 0 Å². The number of rotatable bonds is 1. The molecule has 4 N–H and O–H groups in total. The second-order valence-electron chi connectivity index (χ2n) is 2.10. The molecule has 0 aromatic carbocycles. The first-order valence-corrected chi connectivity index (χ1v) is 2.96. The zero-order chi connectivity index (χ0) is 8.43. The van der Waals surface area contributed by atoms with Gasteiger partial charge in [-0.3, -0.25) is 5.10 Å². The van der Waals surface area contributed by atoms with Gasteiger partial charge >= 0.3 is 0 Å². The van der Waals surface area contributed by atoms with Crippen LogP contribution in [0.2, 0.25) is 0 Å². The van der Waals surface area contributed by atoms with Gasteiger partial charge in [-0.1, -0.05) is 0 Å². The molecular formula is C6H7N5. The van der Waals surface area contributed by atoms with Gasteiger partial charge in [-0.05, 0) is 6.92 Å². The molecule has 0 radical (unpaired) electrons. The van der Waals surface area contributed by atoms with Crippen molar-refractivity contribution in [1.82, 2.24) is 10.2 Å². The lowest BCUT2D eigenvalue weighted by Crippen LogP contribution is -1.96. The molecule has 0 saturated carbocycles. The number of nitrogens with one attached hydrogen (secondary N) is 2. The lowest BCUT2D eigenvalue weighted by Gasteiger charge is -1.89. The summed E-state index contributed by atoms with van der Waals surface area (Å²) in [7, 11) is 0. The van der Waals surface area contributed by atoms with Crippen molar-refractivity contribution in [2.75, 3.05) is 5.73 Å².